The summed E-state index contributed by atoms with van der Waals surface area (Å²) in [5.74, 6) is 2.52. The Hall–Kier alpha value is -3.74. The van der Waals surface area contributed by atoms with Gasteiger partial charge in [0.05, 0.1) is 7.11 Å². The van der Waals surface area contributed by atoms with E-state index in [1.165, 1.54) is 0 Å². The van der Waals surface area contributed by atoms with Crippen molar-refractivity contribution in [3.8, 4) is 17.2 Å². The third-order valence-corrected chi connectivity index (χ3v) is 4.47. The molecule has 0 saturated carbocycles. The Kier molecular flexibility index (Phi) is 5.47. The van der Waals surface area contributed by atoms with Gasteiger partial charge in [-0.15, -0.1) is 0 Å². The number of nitrogens with one attached hydrogen (secondary N) is 2. The van der Waals surface area contributed by atoms with Gasteiger partial charge in [0.1, 0.15) is 24.8 Å². The number of rotatable bonds is 6. The summed E-state index contributed by atoms with van der Waals surface area (Å²) >= 11 is 0. The van der Waals surface area contributed by atoms with Crippen molar-refractivity contribution in [3.63, 3.8) is 0 Å². The quantitative estimate of drug-likeness (QED) is 0.669. The van der Waals surface area contributed by atoms with Crippen molar-refractivity contribution in [2.75, 3.05) is 25.6 Å². The first-order chi connectivity index (χ1) is 14.2. The summed E-state index contributed by atoms with van der Waals surface area (Å²) in [4.78, 5) is 16.9. The second-order valence-corrected chi connectivity index (χ2v) is 6.41. The van der Waals surface area contributed by atoms with Gasteiger partial charge in [-0.25, -0.2) is 4.98 Å². The molecule has 0 spiro atoms. The number of carbonyl (C=O) groups is 1. The van der Waals surface area contributed by atoms with Crippen LogP contribution in [-0.2, 0) is 6.54 Å². The molecule has 7 nitrogen and oxygen atoms in total. The van der Waals surface area contributed by atoms with Crippen molar-refractivity contribution in [3.05, 3.63) is 71.9 Å². The number of hydrogen-bond acceptors (Lipinski definition) is 6. The second-order valence-electron chi connectivity index (χ2n) is 6.41. The molecule has 148 valence electrons. The topological polar surface area (TPSA) is 81.7 Å². The minimum Gasteiger partial charge on any atom is -0.496 e. The predicted molar refractivity (Wildman–Crippen MR) is 109 cm³/mol. The first-order valence-corrected chi connectivity index (χ1v) is 9.26. The fraction of sp³-hybridized carbons (Fsp3) is 0.182. The number of aromatic nitrogens is 1. The van der Waals surface area contributed by atoms with Crippen molar-refractivity contribution in [1.29, 1.82) is 0 Å². The number of hydrogen-bond donors (Lipinski definition) is 2. The molecule has 0 radical (unpaired) electrons. The molecule has 0 aliphatic carbocycles. The van der Waals surface area contributed by atoms with Gasteiger partial charge in [-0.2, -0.15) is 0 Å². The third kappa shape index (κ3) is 4.40. The molecule has 2 heterocycles. The molecule has 0 atom stereocenters. The zero-order valence-corrected chi connectivity index (χ0v) is 16.0. The minimum absolute atomic E-state index is 0.191. The maximum absolute atomic E-state index is 12.6. The molecule has 0 fully saturated rings. The number of nitrogens with zero attached hydrogens (tertiary/aromatic N) is 1. The number of anilines is 2. The lowest BCUT2D eigenvalue weighted by molar-refractivity contribution is 0.0950. The van der Waals surface area contributed by atoms with Crippen LogP contribution in [0.1, 0.15) is 15.9 Å². The van der Waals surface area contributed by atoms with Crippen LogP contribution in [0, 0.1) is 0 Å². The Morgan fingerprint density at radius 3 is 2.76 bits per heavy atom. The van der Waals surface area contributed by atoms with Crippen LogP contribution in [0.4, 0.5) is 11.5 Å². The van der Waals surface area contributed by atoms with Crippen molar-refractivity contribution >= 4 is 17.4 Å². The monoisotopic (exact) mass is 391 g/mol. The van der Waals surface area contributed by atoms with Crippen LogP contribution in [0.5, 0.6) is 17.2 Å². The lowest BCUT2D eigenvalue weighted by Crippen LogP contribution is -2.23. The number of pyridine rings is 1. The molecule has 3 aromatic rings. The van der Waals surface area contributed by atoms with Crippen LogP contribution >= 0.6 is 0 Å². The number of methoxy groups -OCH3 is 1. The number of ether oxygens (including phenoxy) is 3. The fourth-order valence-corrected chi connectivity index (χ4v) is 3.04. The minimum atomic E-state index is -0.191. The van der Waals surface area contributed by atoms with E-state index in [-0.39, 0.29) is 5.91 Å². The molecule has 2 N–H and O–H groups in total. The first kappa shape index (κ1) is 18.6. The normalized spacial score (nSPS) is 12.2. The summed E-state index contributed by atoms with van der Waals surface area (Å²) in [6, 6.07) is 16.5. The van der Waals surface area contributed by atoms with Gasteiger partial charge >= 0.3 is 0 Å². The van der Waals surface area contributed by atoms with E-state index in [9.17, 15) is 4.79 Å². The summed E-state index contributed by atoms with van der Waals surface area (Å²) < 4.78 is 16.4. The summed E-state index contributed by atoms with van der Waals surface area (Å²) in [6.07, 6.45) is 1.60. The van der Waals surface area contributed by atoms with E-state index in [0.29, 0.717) is 36.9 Å². The van der Waals surface area contributed by atoms with E-state index in [4.69, 9.17) is 14.2 Å². The van der Waals surface area contributed by atoms with Gasteiger partial charge in [0.15, 0.2) is 11.5 Å². The number of amides is 1. The highest BCUT2D eigenvalue weighted by atomic mass is 16.6. The smallest absolute Gasteiger partial charge is 0.251 e. The Bertz CT molecular complexity index is 1020. The highest BCUT2D eigenvalue weighted by molar-refractivity contribution is 5.94. The average Bonchev–Trinajstić information content (AvgIpc) is 2.77. The number of para-hydroxylation sites is 1. The number of benzene rings is 2. The van der Waals surface area contributed by atoms with Crippen LogP contribution in [0.3, 0.4) is 0 Å². The lowest BCUT2D eigenvalue weighted by atomic mass is 10.2. The first-order valence-electron chi connectivity index (χ1n) is 9.26. The summed E-state index contributed by atoms with van der Waals surface area (Å²) in [6.45, 7) is 1.44. The van der Waals surface area contributed by atoms with Gasteiger partial charge in [-0.3, -0.25) is 4.79 Å². The molecule has 1 aromatic heterocycles. The van der Waals surface area contributed by atoms with Crippen LogP contribution in [0.2, 0.25) is 0 Å². The lowest BCUT2D eigenvalue weighted by Gasteiger charge is -2.19. The van der Waals surface area contributed by atoms with E-state index in [1.807, 2.05) is 42.5 Å². The van der Waals surface area contributed by atoms with Crippen molar-refractivity contribution in [2.45, 2.75) is 6.54 Å². The molecular weight excluding hydrogens is 370 g/mol. The van der Waals surface area contributed by atoms with Crippen molar-refractivity contribution in [2.24, 2.45) is 0 Å². The molecule has 0 unspecified atom stereocenters. The Labute approximate surface area is 168 Å². The molecule has 29 heavy (non-hydrogen) atoms. The van der Waals surface area contributed by atoms with Gasteiger partial charge in [0, 0.05) is 35.6 Å². The zero-order valence-electron chi connectivity index (χ0n) is 16.0. The standard InChI is InChI=1S/C22H21N3O4/c1-27-18-5-3-2-4-16(18)14-24-22(26)15-8-9-23-21(12-15)25-17-6-7-19-20(13-17)29-11-10-28-19/h2-9,12-13H,10-11,14H2,1H3,(H,23,25)(H,24,26). The molecule has 1 aliphatic heterocycles. The van der Waals surface area contributed by atoms with Crippen LogP contribution < -0.4 is 24.8 Å². The summed E-state index contributed by atoms with van der Waals surface area (Å²) in [5, 5.41) is 6.11. The van der Waals surface area contributed by atoms with Crippen molar-refractivity contribution < 1.29 is 19.0 Å². The summed E-state index contributed by atoms with van der Waals surface area (Å²) in [7, 11) is 1.61. The largest absolute Gasteiger partial charge is 0.496 e. The van der Waals surface area contributed by atoms with E-state index in [2.05, 4.69) is 15.6 Å². The van der Waals surface area contributed by atoms with E-state index < -0.39 is 0 Å². The van der Waals surface area contributed by atoms with Crippen LogP contribution in [0.25, 0.3) is 0 Å². The average molecular weight is 391 g/mol. The van der Waals surface area contributed by atoms with Gasteiger partial charge in [-0.05, 0) is 30.3 Å². The Morgan fingerprint density at radius 2 is 1.90 bits per heavy atom. The second kappa shape index (κ2) is 8.52. The maximum atomic E-state index is 12.6. The van der Waals surface area contributed by atoms with Gasteiger partial charge in [0.25, 0.3) is 5.91 Å². The number of fused-ring (bicyclic) bond motifs is 1. The highest BCUT2D eigenvalue weighted by Crippen LogP contribution is 2.33. The molecule has 0 saturated heterocycles. The van der Waals surface area contributed by atoms with Gasteiger partial charge in [-0.1, -0.05) is 18.2 Å². The van der Waals surface area contributed by atoms with Gasteiger partial charge in [0.2, 0.25) is 0 Å². The molecule has 1 amide bonds. The molecule has 1 aliphatic rings. The van der Waals surface area contributed by atoms with Crippen LogP contribution in [-0.4, -0.2) is 31.2 Å². The molecule has 2 aromatic carbocycles. The highest BCUT2D eigenvalue weighted by Gasteiger charge is 2.13. The van der Waals surface area contributed by atoms with E-state index in [1.54, 1.807) is 25.4 Å². The fourth-order valence-electron chi connectivity index (χ4n) is 3.04. The third-order valence-electron chi connectivity index (χ3n) is 4.47. The van der Waals surface area contributed by atoms with Crippen LogP contribution in [0.15, 0.2) is 60.8 Å². The van der Waals surface area contributed by atoms with Gasteiger partial charge < -0.3 is 24.8 Å². The predicted octanol–water partition coefficient (Wildman–Crippen LogP) is 3.54. The SMILES string of the molecule is COc1ccccc1CNC(=O)c1ccnc(Nc2ccc3c(c2)OCCO3)c1. The molecule has 4 rings (SSSR count). The zero-order chi connectivity index (χ0) is 20.1. The number of carbonyl (C=O) groups excluding carboxylic acids is 1. The Morgan fingerprint density at radius 1 is 1.07 bits per heavy atom. The Balaban J connectivity index is 1.43. The van der Waals surface area contributed by atoms with Crippen molar-refractivity contribution in [1.82, 2.24) is 10.3 Å². The van der Waals surface area contributed by atoms with E-state index >= 15 is 0 Å². The molecule has 7 heteroatoms. The van der Waals surface area contributed by atoms with E-state index in [0.717, 1.165) is 22.7 Å². The maximum Gasteiger partial charge on any atom is 0.251 e. The molecule has 0 bridgehead atoms. The molecular formula is C22H21N3O4. The summed E-state index contributed by atoms with van der Waals surface area (Å²) in [5.41, 5.74) is 2.22.